The van der Waals surface area contributed by atoms with Gasteiger partial charge in [-0.15, -0.1) is 0 Å². The first kappa shape index (κ1) is 26.5. The summed E-state index contributed by atoms with van der Waals surface area (Å²) in [5, 5.41) is 0. The van der Waals surface area contributed by atoms with Crippen LogP contribution in [0.4, 0.5) is 0 Å². The van der Waals surface area contributed by atoms with Crippen molar-refractivity contribution in [2.45, 2.75) is 0 Å². The third kappa shape index (κ3) is 5.80. The Balaban J connectivity index is 0.000000584. The average molecular weight is 467 g/mol. The Bertz CT molecular complexity index is 1130. The second-order valence-corrected chi connectivity index (χ2v) is 6.68. The third-order valence-corrected chi connectivity index (χ3v) is 4.22. The van der Waals surface area contributed by atoms with Crippen molar-refractivity contribution in [3.63, 3.8) is 0 Å². The first-order valence-corrected chi connectivity index (χ1v) is 9.13. The Hall–Kier alpha value is -3.50. The molecule has 5 rings (SSSR count). The molecule has 32 heavy (non-hydrogen) atoms. The number of benzene rings is 2. The molecule has 5 aromatic rings. The number of para-hydroxylation sites is 4. The van der Waals surface area contributed by atoms with Crippen LogP contribution >= 0.6 is 0 Å². The molecule has 0 saturated heterocycles. The van der Waals surface area contributed by atoms with E-state index in [2.05, 4.69) is 19.9 Å². The number of imidazole rings is 2. The second kappa shape index (κ2) is 11.8. The van der Waals surface area contributed by atoms with Gasteiger partial charge in [-0.2, -0.15) is 0 Å². The van der Waals surface area contributed by atoms with Crippen LogP contribution in [0.25, 0.3) is 45.1 Å². The zero-order valence-corrected chi connectivity index (χ0v) is 18.8. The predicted octanol–water partition coefficient (Wildman–Crippen LogP) is 3.63. The maximum atomic E-state index is 9.43. The van der Waals surface area contributed by atoms with Crippen LogP contribution in [-0.4, -0.2) is 50.3 Å². The Labute approximate surface area is 196 Å². The number of nitrogens with zero attached hydrogens (tertiary/aromatic N) is 4. The molecule has 0 aliphatic rings. The molecule has 3 heterocycles. The number of carbonyl (C=O) groups excluding carboxylic acids is 1. The van der Waals surface area contributed by atoms with E-state index in [-0.39, 0.29) is 29.5 Å². The van der Waals surface area contributed by atoms with Crippen LogP contribution in [0.3, 0.4) is 0 Å². The van der Waals surface area contributed by atoms with Gasteiger partial charge in [-0.1, -0.05) is 30.3 Å². The number of hydrogen-bond acceptors (Lipinski definition) is 4. The molecule has 1 radical (unpaired) electrons. The summed E-state index contributed by atoms with van der Waals surface area (Å²) in [4.78, 5) is 31.4. The molecule has 2 aromatic carbocycles. The molecule has 0 aliphatic carbocycles. The van der Waals surface area contributed by atoms with E-state index in [1.807, 2.05) is 66.7 Å². The summed E-state index contributed by atoms with van der Waals surface area (Å²) < 4.78 is 0. The van der Waals surface area contributed by atoms with Crippen molar-refractivity contribution in [2.75, 3.05) is 14.1 Å². The van der Waals surface area contributed by atoms with Crippen molar-refractivity contribution in [3.05, 3.63) is 66.7 Å². The molecule has 0 spiro atoms. The fraction of sp³-hybridized carbons (Fsp3) is 0.0909. The van der Waals surface area contributed by atoms with E-state index in [0.717, 1.165) is 51.5 Å². The molecule has 0 fully saturated rings. The van der Waals surface area contributed by atoms with Crippen molar-refractivity contribution < 1.29 is 34.3 Å². The molecule has 1 amide bonds. The Morgan fingerprint density at radius 1 is 0.688 bits per heavy atom. The minimum atomic E-state index is 0. The number of nitrogens with one attached hydrogen (secondary N) is 2. The van der Waals surface area contributed by atoms with Gasteiger partial charge in [-0.05, 0) is 36.4 Å². The zero-order valence-electron chi connectivity index (χ0n) is 17.4. The van der Waals surface area contributed by atoms with Crippen molar-refractivity contribution in [1.29, 1.82) is 0 Å². The van der Waals surface area contributed by atoms with Crippen LogP contribution in [0.1, 0.15) is 0 Å². The van der Waals surface area contributed by atoms with Gasteiger partial charge in [0.25, 0.3) is 0 Å². The molecule has 0 unspecified atom stereocenters. The normalized spacial score (nSPS) is 9.56. The van der Waals surface area contributed by atoms with E-state index in [0.29, 0.717) is 0 Å². The third-order valence-electron chi connectivity index (χ3n) is 4.22. The molecule has 0 saturated carbocycles. The van der Waals surface area contributed by atoms with E-state index >= 15 is 0 Å². The van der Waals surface area contributed by atoms with Crippen molar-refractivity contribution in [2.24, 2.45) is 0 Å². The number of amides is 1. The molecular weight excluding hydrogens is 447 g/mol. The van der Waals surface area contributed by atoms with Crippen molar-refractivity contribution in [1.82, 2.24) is 29.8 Å². The smallest absolute Gasteiger partial charge is 2.00 e. The minimum absolute atomic E-state index is 0. The van der Waals surface area contributed by atoms with Crippen molar-refractivity contribution in [3.8, 4) is 23.0 Å². The van der Waals surface area contributed by atoms with Crippen LogP contribution in [0.5, 0.6) is 0 Å². The van der Waals surface area contributed by atoms with Gasteiger partial charge in [0, 0.05) is 14.1 Å². The second-order valence-electron chi connectivity index (χ2n) is 6.68. The van der Waals surface area contributed by atoms with Crippen LogP contribution in [0.2, 0.25) is 0 Å². The van der Waals surface area contributed by atoms with Gasteiger partial charge in [0.15, 0.2) is 11.6 Å². The van der Waals surface area contributed by atoms with Gasteiger partial charge in [0.2, 0.25) is 6.41 Å². The number of aromatic nitrogens is 5. The maximum Gasteiger partial charge on any atom is 4.00 e. The molecule has 0 atom stereocenters. The SMILES string of the molecule is CN(C)C=O.[O-2].[O-2].[V+4].c1cc(-c2nc3ccccc3[nH]2)nc(-c2nc3ccccc3[nH]2)c1. The van der Waals surface area contributed by atoms with E-state index < -0.39 is 0 Å². The standard InChI is InChI=1S/C19H13N5.C3H7NO.2O.V/c1-2-7-13-12(6-1)21-18(22-13)16-10-5-11-17(20-16)19-23-14-8-3-4-9-15(14)24-19;1-4(2)3-5;;;/h1-11H,(H,21,22)(H,23,24);3H,1-2H3;;;/q;;2*-2;+4. The number of H-pyrrole nitrogens is 2. The molecule has 10 heteroatoms. The molecule has 0 bridgehead atoms. The average Bonchev–Trinajstić information content (AvgIpc) is 3.38. The van der Waals surface area contributed by atoms with E-state index in [1.165, 1.54) is 4.90 Å². The van der Waals surface area contributed by atoms with Gasteiger partial charge in [-0.3, -0.25) is 4.79 Å². The molecule has 3 aromatic heterocycles. The number of rotatable bonds is 3. The van der Waals surface area contributed by atoms with Gasteiger partial charge in [-0.25, -0.2) is 15.0 Å². The first-order valence-electron chi connectivity index (χ1n) is 9.13. The van der Waals surface area contributed by atoms with Gasteiger partial charge in [0.1, 0.15) is 11.4 Å². The minimum Gasteiger partial charge on any atom is -2.00 e. The monoisotopic (exact) mass is 467 g/mol. The largest absolute Gasteiger partial charge is 4.00 e. The number of pyridine rings is 1. The number of aromatic amines is 2. The zero-order chi connectivity index (χ0) is 20.2. The Morgan fingerprint density at radius 3 is 1.47 bits per heavy atom. The van der Waals surface area contributed by atoms with E-state index in [1.54, 1.807) is 14.1 Å². The van der Waals surface area contributed by atoms with Crippen molar-refractivity contribution >= 4 is 28.5 Å². The topological polar surface area (TPSA) is 148 Å². The summed E-state index contributed by atoms with van der Waals surface area (Å²) in [5.41, 5.74) is 5.46. The summed E-state index contributed by atoms with van der Waals surface area (Å²) >= 11 is 0. The summed E-state index contributed by atoms with van der Waals surface area (Å²) in [7, 11) is 3.38. The van der Waals surface area contributed by atoms with Crippen LogP contribution in [-0.2, 0) is 34.3 Å². The fourth-order valence-electron chi connectivity index (χ4n) is 2.85. The quantitative estimate of drug-likeness (QED) is 0.390. The molecular formula is C22H20N6O3V. The van der Waals surface area contributed by atoms with Gasteiger partial charge < -0.3 is 25.8 Å². The summed E-state index contributed by atoms with van der Waals surface area (Å²) in [5.74, 6) is 1.52. The Morgan fingerprint density at radius 2 is 1.09 bits per heavy atom. The van der Waals surface area contributed by atoms with E-state index in [4.69, 9.17) is 4.98 Å². The summed E-state index contributed by atoms with van der Waals surface area (Å²) in [6, 6.07) is 21.8. The first-order chi connectivity index (χ1) is 14.1. The van der Waals surface area contributed by atoms with E-state index in [9.17, 15) is 4.79 Å². The molecule has 9 nitrogen and oxygen atoms in total. The van der Waals surface area contributed by atoms with Gasteiger partial charge in [0.05, 0.1) is 22.1 Å². The number of carbonyl (C=O) groups is 1. The van der Waals surface area contributed by atoms with Crippen LogP contribution in [0, 0.1) is 0 Å². The van der Waals surface area contributed by atoms with Crippen LogP contribution < -0.4 is 0 Å². The fourth-order valence-corrected chi connectivity index (χ4v) is 2.85. The Kier molecular flexibility index (Phi) is 9.77. The molecule has 0 aliphatic heterocycles. The maximum absolute atomic E-state index is 9.43. The number of hydrogen-bond donors (Lipinski definition) is 2. The number of fused-ring (bicyclic) bond motifs is 2. The predicted molar refractivity (Wildman–Crippen MR) is 116 cm³/mol. The summed E-state index contributed by atoms with van der Waals surface area (Å²) in [6.45, 7) is 0. The molecule has 2 N–H and O–H groups in total. The molecule has 161 valence electrons. The van der Waals surface area contributed by atoms with Gasteiger partial charge >= 0.3 is 18.6 Å². The summed E-state index contributed by atoms with van der Waals surface area (Å²) in [6.07, 6.45) is 0.750. The van der Waals surface area contributed by atoms with Crippen LogP contribution in [0.15, 0.2) is 66.7 Å².